The van der Waals surface area contributed by atoms with Crippen LogP contribution in [0.5, 0.6) is 0 Å². The van der Waals surface area contributed by atoms with Gasteiger partial charge < -0.3 is 10.1 Å². The van der Waals surface area contributed by atoms with Crippen LogP contribution in [0.25, 0.3) is 5.52 Å². The molecule has 2 N–H and O–H groups in total. The molecule has 0 atom stereocenters. The summed E-state index contributed by atoms with van der Waals surface area (Å²) in [7, 11) is 0. The molecule has 74 valence electrons. The molecule has 0 fully saturated rings. The number of imidazole rings is 1. The first-order valence-corrected chi connectivity index (χ1v) is 5.43. The zero-order valence-corrected chi connectivity index (χ0v) is 9.37. The second kappa shape index (κ2) is 4.11. The largest absolute Gasteiger partial charge is 0.330 e. The minimum atomic E-state index is 0.711. The maximum Gasteiger partial charge on any atom is 0.113 e. The van der Waals surface area contributed by atoms with E-state index in [0.29, 0.717) is 6.54 Å². The Hall–Kier alpha value is -0.870. The Kier molecular flexibility index (Phi) is 2.84. The van der Waals surface area contributed by atoms with Crippen molar-refractivity contribution < 1.29 is 0 Å². The smallest absolute Gasteiger partial charge is 0.113 e. The van der Waals surface area contributed by atoms with Crippen LogP contribution < -0.4 is 5.73 Å². The average molecular weight is 254 g/mol. The van der Waals surface area contributed by atoms with Crippen molar-refractivity contribution in [1.29, 1.82) is 0 Å². The minimum absolute atomic E-state index is 0.711. The summed E-state index contributed by atoms with van der Waals surface area (Å²) in [6.07, 6.45) is 5.82. The lowest BCUT2D eigenvalue weighted by atomic mass is 10.3. The van der Waals surface area contributed by atoms with Gasteiger partial charge in [0, 0.05) is 17.1 Å². The number of nitrogens with two attached hydrogens (primary N) is 1. The van der Waals surface area contributed by atoms with Crippen molar-refractivity contribution in [2.45, 2.75) is 12.8 Å². The molecule has 2 heterocycles. The molecule has 0 spiro atoms. The third kappa shape index (κ3) is 1.67. The number of aromatic nitrogens is 2. The SMILES string of the molecule is NCCCc1ncc2c(Br)cccn12. The van der Waals surface area contributed by atoms with Crippen LogP contribution in [0.1, 0.15) is 12.2 Å². The van der Waals surface area contributed by atoms with E-state index >= 15 is 0 Å². The second-order valence-electron chi connectivity index (χ2n) is 3.18. The quantitative estimate of drug-likeness (QED) is 0.910. The molecule has 2 aromatic heterocycles. The van der Waals surface area contributed by atoms with Crippen molar-refractivity contribution in [2.75, 3.05) is 6.54 Å². The van der Waals surface area contributed by atoms with Crippen LogP contribution in [0.2, 0.25) is 0 Å². The Labute approximate surface area is 91.1 Å². The first-order valence-electron chi connectivity index (χ1n) is 4.63. The van der Waals surface area contributed by atoms with Crippen LogP contribution in [-0.4, -0.2) is 15.9 Å². The second-order valence-corrected chi connectivity index (χ2v) is 4.03. The lowest BCUT2D eigenvalue weighted by Gasteiger charge is -2.00. The van der Waals surface area contributed by atoms with Gasteiger partial charge in [-0.3, -0.25) is 0 Å². The van der Waals surface area contributed by atoms with Gasteiger partial charge in [-0.15, -0.1) is 0 Å². The molecular formula is C10H12BrN3. The highest BCUT2D eigenvalue weighted by Gasteiger charge is 2.04. The van der Waals surface area contributed by atoms with Gasteiger partial charge in [0.15, 0.2) is 0 Å². The average Bonchev–Trinajstić information content (AvgIpc) is 2.60. The summed E-state index contributed by atoms with van der Waals surface area (Å²) in [4.78, 5) is 4.37. The highest BCUT2D eigenvalue weighted by molar-refractivity contribution is 9.10. The molecule has 0 radical (unpaired) electrons. The normalized spacial score (nSPS) is 11.0. The molecule has 0 unspecified atom stereocenters. The number of nitrogens with zero attached hydrogens (tertiary/aromatic N) is 2. The number of fused-ring (bicyclic) bond motifs is 1. The van der Waals surface area contributed by atoms with Crippen LogP contribution in [0, 0.1) is 0 Å². The molecule has 3 nitrogen and oxygen atoms in total. The number of aryl methyl sites for hydroxylation is 1. The van der Waals surface area contributed by atoms with Crippen molar-refractivity contribution in [3.8, 4) is 0 Å². The zero-order valence-electron chi connectivity index (χ0n) is 7.78. The van der Waals surface area contributed by atoms with Crippen molar-refractivity contribution >= 4 is 21.4 Å². The fourth-order valence-electron chi connectivity index (χ4n) is 1.49. The molecule has 0 amide bonds. The van der Waals surface area contributed by atoms with E-state index in [1.807, 2.05) is 24.5 Å². The van der Waals surface area contributed by atoms with Crippen LogP contribution >= 0.6 is 15.9 Å². The molecule has 2 rings (SSSR count). The lowest BCUT2D eigenvalue weighted by molar-refractivity contribution is 0.778. The van der Waals surface area contributed by atoms with Crippen molar-refractivity contribution in [2.24, 2.45) is 5.73 Å². The van der Waals surface area contributed by atoms with Crippen LogP contribution in [0.4, 0.5) is 0 Å². The fourth-order valence-corrected chi connectivity index (χ4v) is 1.93. The summed E-state index contributed by atoms with van der Waals surface area (Å²) >= 11 is 3.49. The summed E-state index contributed by atoms with van der Waals surface area (Å²) in [5, 5.41) is 0. The number of hydrogen-bond acceptors (Lipinski definition) is 2. The van der Waals surface area contributed by atoms with Gasteiger partial charge in [0.1, 0.15) is 5.82 Å². The number of pyridine rings is 1. The van der Waals surface area contributed by atoms with Crippen molar-refractivity contribution in [3.05, 3.63) is 34.8 Å². The molecule has 0 aliphatic rings. The Balaban J connectivity index is 2.42. The summed E-state index contributed by atoms with van der Waals surface area (Å²) in [5.41, 5.74) is 6.58. The monoisotopic (exact) mass is 253 g/mol. The summed E-state index contributed by atoms with van der Waals surface area (Å²) in [5.74, 6) is 1.08. The highest BCUT2D eigenvalue weighted by Crippen LogP contribution is 2.18. The Morgan fingerprint density at radius 1 is 1.50 bits per heavy atom. The number of halogens is 1. The molecule has 0 saturated heterocycles. The van der Waals surface area contributed by atoms with E-state index in [4.69, 9.17) is 5.73 Å². The number of rotatable bonds is 3. The summed E-state index contributed by atoms with van der Waals surface area (Å²) in [6, 6.07) is 4.02. The predicted molar refractivity (Wildman–Crippen MR) is 60.3 cm³/mol. The van der Waals surface area contributed by atoms with Gasteiger partial charge in [0.25, 0.3) is 0 Å². The summed E-state index contributed by atoms with van der Waals surface area (Å²) < 4.78 is 3.17. The van der Waals surface area contributed by atoms with E-state index in [1.54, 1.807) is 0 Å². The highest BCUT2D eigenvalue weighted by atomic mass is 79.9. The molecule has 14 heavy (non-hydrogen) atoms. The van der Waals surface area contributed by atoms with E-state index in [9.17, 15) is 0 Å². The molecule has 0 saturated carbocycles. The Morgan fingerprint density at radius 3 is 3.14 bits per heavy atom. The van der Waals surface area contributed by atoms with E-state index in [0.717, 1.165) is 28.7 Å². The first-order chi connectivity index (χ1) is 6.83. The zero-order chi connectivity index (χ0) is 9.97. The Morgan fingerprint density at radius 2 is 2.36 bits per heavy atom. The van der Waals surface area contributed by atoms with Gasteiger partial charge in [-0.2, -0.15) is 0 Å². The molecule has 2 aromatic rings. The van der Waals surface area contributed by atoms with Gasteiger partial charge in [0.2, 0.25) is 0 Å². The van der Waals surface area contributed by atoms with Gasteiger partial charge in [0.05, 0.1) is 11.7 Å². The maximum atomic E-state index is 5.47. The van der Waals surface area contributed by atoms with Gasteiger partial charge in [-0.05, 0) is 41.0 Å². The van der Waals surface area contributed by atoms with Crippen LogP contribution in [0.15, 0.2) is 29.0 Å². The fraction of sp³-hybridized carbons (Fsp3) is 0.300. The van der Waals surface area contributed by atoms with Crippen LogP contribution in [0.3, 0.4) is 0 Å². The van der Waals surface area contributed by atoms with Gasteiger partial charge >= 0.3 is 0 Å². The van der Waals surface area contributed by atoms with E-state index in [1.165, 1.54) is 0 Å². The lowest BCUT2D eigenvalue weighted by Crippen LogP contribution is -2.03. The molecule has 0 aromatic carbocycles. The summed E-state index contributed by atoms with van der Waals surface area (Å²) in [6.45, 7) is 0.711. The third-order valence-electron chi connectivity index (χ3n) is 2.20. The predicted octanol–water partition coefficient (Wildman–Crippen LogP) is 1.99. The maximum absolute atomic E-state index is 5.47. The third-order valence-corrected chi connectivity index (χ3v) is 2.87. The molecule has 0 bridgehead atoms. The van der Waals surface area contributed by atoms with Crippen molar-refractivity contribution in [3.63, 3.8) is 0 Å². The van der Waals surface area contributed by atoms with E-state index in [-0.39, 0.29) is 0 Å². The van der Waals surface area contributed by atoms with Crippen molar-refractivity contribution in [1.82, 2.24) is 9.38 Å². The molecule has 0 aliphatic carbocycles. The Bertz CT molecular complexity index is 436. The van der Waals surface area contributed by atoms with E-state index < -0.39 is 0 Å². The van der Waals surface area contributed by atoms with Gasteiger partial charge in [-0.1, -0.05) is 0 Å². The minimum Gasteiger partial charge on any atom is -0.330 e. The van der Waals surface area contributed by atoms with Gasteiger partial charge in [-0.25, -0.2) is 4.98 Å². The molecule has 4 heteroatoms. The van der Waals surface area contributed by atoms with E-state index in [2.05, 4.69) is 25.3 Å². The van der Waals surface area contributed by atoms with Crippen LogP contribution in [-0.2, 0) is 6.42 Å². The topological polar surface area (TPSA) is 43.3 Å². The molecular weight excluding hydrogens is 242 g/mol. The first kappa shape index (κ1) is 9.68. The standard InChI is InChI=1S/C10H12BrN3/c11-8-3-2-6-14-9(8)7-13-10(14)4-1-5-12/h2-3,6-7H,1,4-5,12H2. The number of hydrogen-bond donors (Lipinski definition) is 1. The molecule has 0 aliphatic heterocycles.